The number of thiophene rings is 1. The predicted octanol–water partition coefficient (Wildman–Crippen LogP) is 2.98. The third kappa shape index (κ3) is 3.26. The van der Waals surface area contributed by atoms with Gasteiger partial charge in [-0.15, -0.1) is 11.3 Å². The van der Waals surface area contributed by atoms with Crippen molar-refractivity contribution in [2.75, 3.05) is 31.1 Å². The molecule has 2 aromatic rings. The smallest absolute Gasteiger partial charge is 0.255 e. The fourth-order valence-electron chi connectivity index (χ4n) is 3.08. The van der Waals surface area contributed by atoms with Crippen LogP contribution in [0.4, 0.5) is 5.82 Å². The number of amides is 1. The minimum absolute atomic E-state index is 0.111. The molecule has 0 radical (unpaired) electrons. The van der Waals surface area contributed by atoms with Crippen LogP contribution in [-0.4, -0.2) is 42.0 Å². The van der Waals surface area contributed by atoms with E-state index in [1.165, 1.54) is 4.88 Å². The maximum atomic E-state index is 12.8. The maximum absolute atomic E-state index is 12.8. The third-order valence-corrected chi connectivity index (χ3v) is 5.23. The summed E-state index contributed by atoms with van der Waals surface area (Å²) in [5.74, 6) is 0.831. The molecule has 0 N–H and O–H groups in total. The molecule has 5 nitrogen and oxygen atoms in total. The third-order valence-electron chi connectivity index (χ3n) is 4.26. The molecule has 0 aliphatic carbocycles. The molecule has 24 heavy (non-hydrogen) atoms. The second kappa shape index (κ2) is 7.02. The lowest BCUT2D eigenvalue weighted by Gasteiger charge is -2.23. The number of pyridine rings is 1. The molecule has 1 saturated heterocycles. The van der Waals surface area contributed by atoms with Gasteiger partial charge >= 0.3 is 0 Å². The molecule has 3 heterocycles. The summed E-state index contributed by atoms with van der Waals surface area (Å²) in [6.45, 7) is 6.91. The van der Waals surface area contributed by atoms with E-state index < -0.39 is 0 Å². The van der Waals surface area contributed by atoms with Crippen LogP contribution in [0.15, 0.2) is 24.4 Å². The van der Waals surface area contributed by atoms with Gasteiger partial charge in [0.05, 0.1) is 11.1 Å². The molecule has 0 bridgehead atoms. The highest BCUT2D eigenvalue weighted by atomic mass is 32.1. The van der Waals surface area contributed by atoms with E-state index in [1.807, 2.05) is 24.8 Å². The highest BCUT2D eigenvalue weighted by Gasteiger charge is 2.23. The van der Waals surface area contributed by atoms with Gasteiger partial charge in [0.2, 0.25) is 0 Å². The molecule has 3 rings (SSSR count). The molecule has 0 saturated carbocycles. The second-order valence-electron chi connectivity index (χ2n) is 5.95. The fourth-order valence-corrected chi connectivity index (χ4v) is 4.00. The summed E-state index contributed by atoms with van der Waals surface area (Å²) in [5.41, 5.74) is 1.41. The largest absolute Gasteiger partial charge is 0.354 e. The first kappa shape index (κ1) is 16.5. The molecule has 0 spiro atoms. The van der Waals surface area contributed by atoms with Gasteiger partial charge in [-0.05, 0) is 38.5 Å². The molecule has 2 aromatic heterocycles. The zero-order valence-corrected chi connectivity index (χ0v) is 14.8. The molecule has 0 aromatic carbocycles. The Hall–Kier alpha value is -2.39. The lowest BCUT2D eigenvalue weighted by Crippen LogP contribution is -2.35. The average Bonchev–Trinajstić information content (AvgIpc) is 2.79. The molecule has 6 heteroatoms. The van der Waals surface area contributed by atoms with Crippen molar-refractivity contribution in [3.8, 4) is 6.07 Å². The van der Waals surface area contributed by atoms with Crippen LogP contribution in [-0.2, 0) is 0 Å². The van der Waals surface area contributed by atoms with Crippen LogP contribution in [0.2, 0.25) is 0 Å². The molecular formula is C18H20N4OS. The quantitative estimate of drug-likeness (QED) is 0.843. The van der Waals surface area contributed by atoms with Gasteiger partial charge in [-0.2, -0.15) is 5.26 Å². The Kier molecular flexibility index (Phi) is 4.81. The number of carbonyl (C=O) groups is 1. The number of nitriles is 1. The zero-order valence-electron chi connectivity index (χ0n) is 14.0. The van der Waals surface area contributed by atoms with Crippen molar-refractivity contribution in [1.82, 2.24) is 9.88 Å². The summed E-state index contributed by atoms with van der Waals surface area (Å²) in [5, 5.41) is 9.26. The van der Waals surface area contributed by atoms with E-state index >= 15 is 0 Å². The normalized spacial score (nSPS) is 15.0. The molecule has 124 valence electrons. The number of carbonyl (C=O) groups excluding carboxylic acids is 1. The van der Waals surface area contributed by atoms with Crippen molar-refractivity contribution in [2.24, 2.45) is 0 Å². The molecule has 0 unspecified atom stereocenters. The van der Waals surface area contributed by atoms with Crippen LogP contribution in [0.5, 0.6) is 0 Å². The van der Waals surface area contributed by atoms with E-state index in [4.69, 9.17) is 0 Å². The average molecular weight is 340 g/mol. The molecule has 1 fully saturated rings. The van der Waals surface area contributed by atoms with E-state index in [1.54, 1.807) is 29.7 Å². The van der Waals surface area contributed by atoms with Crippen molar-refractivity contribution in [1.29, 1.82) is 5.26 Å². The van der Waals surface area contributed by atoms with Gasteiger partial charge in [0, 0.05) is 42.1 Å². The number of aryl methyl sites for hydroxylation is 2. The second-order valence-corrected chi connectivity index (χ2v) is 7.41. The highest BCUT2D eigenvalue weighted by Crippen LogP contribution is 2.23. The Bertz CT molecular complexity index is 793. The molecule has 1 aliphatic rings. The van der Waals surface area contributed by atoms with Gasteiger partial charge in [-0.1, -0.05) is 0 Å². The Morgan fingerprint density at radius 2 is 2.12 bits per heavy atom. The number of rotatable bonds is 2. The molecule has 0 atom stereocenters. The van der Waals surface area contributed by atoms with E-state index in [0.717, 1.165) is 35.8 Å². The van der Waals surface area contributed by atoms with Crippen LogP contribution in [0.1, 0.15) is 32.1 Å². The molecule has 1 aliphatic heterocycles. The van der Waals surface area contributed by atoms with E-state index in [9.17, 15) is 10.1 Å². The molecular weight excluding hydrogens is 320 g/mol. The van der Waals surface area contributed by atoms with Gasteiger partial charge < -0.3 is 9.80 Å². The zero-order chi connectivity index (χ0) is 17.1. The highest BCUT2D eigenvalue weighted by molar-refractivity contribution is 7.12. The number of nitrogens with zero attached hydrogens (tertiary/aromatic N) is 4. The summed E-state index contributed by atoms with van der Waals surface area (Å²) < 4.78 is 0. The van der Waals surface area contributed by atoms with Gasteiger partial charge in [0.15, 0.2) is 0 Å². The lowest BCUT2D eigenvalue weighted by molar-refractivity contribution is 0.0767. The summed E-state index contributed by atoms with van der Waals surface area (Å²) in [7, 11) is 0. The van der Waals surface area contributed by atoms with Crippen LogP contribution in [0.25, 0.3) is 0 Å². The van der Waals surface area contributed by atoms with Crippen molar-refractivity contribution >= 4 is 23.1 Å². The number of hydrogen-bond donors (Lipinski definition) is 0. The van der Waals surface area contributed by atoms with Gasteiger partial charge in [0.1, 0.15) is 11.9 Å². The summed E-state index contributed by atoms with van der Waals surface area (Å²) in [6, 6.07) is 7.74. The Labute approximate surface area is 146 Å². The minimum atomic E-state index is 0.111. The summed E-state index contributed by atoms with van der Waals surface area (Å²) in [6.07, 6.45) is 2.58. The fraction of sp³-hybridized carbons (Fsp3) is 0.389. The van der Waals surface area contributed by atoms with Crippen molar-refractivity contribution in [3.63, 3.8) is 0 Å². The lowest BCUT2D eigenvalue weighted by atomic mass is 10.2. The molecule has 1 amide bonds. The van der Waals surface area contributed by atoms with E-state index in [0.29, 0.717) is 18.7 Å². The van der Waals surface area contributed by atoms with E-state index in [2.05, 4.69) is 16.0 Å². The SMILES string of the molecule is Cc1cc(C(=O)N2CCCN(c3ncccc3C#N)CC2)c(C)s1. The summed E-state index contributed by atoms with van der Waals surface area (Å²) in [4.78, 5) is 23.4. The van der Waals surface area contributed by atoms with Crippen LogP contribution in [0, 0.1) is 25.2 Å². The monoisotopic (exact) mass is 340 g/mol. The topological polar surface area (TPSA) is 60.2 Å². The van der Waals surface area contributed by atoms with Gasteiger partial charge in [-0.3, -0.25) is 4.79 Å². The van der Waals surface area contributed by atoms with Crippen molar-refractivity contribution < 1.29 is 4.79 Å². The van der Waals surface area contributed by atoms with Crippen LogP contribution < -0.4 is 4.90 Å². The first-order valence-electron chi connectivity index (χ1n) is 8.06. The maximum Gasteiger partial charge on any atom is 0.255 e. The number of anilines is 1. The Balaban J connectivity index is 1.75. The van der Waals surface area contributed by atoms with E-state index in [-0.39, 0.29) is 5.91 Å². The number of hydrogen-bond acceptors (Lipinski definition) is 5. The Morgan fingerprint density at radius 3 is 2.83 bits per heavy atom. The summed E-state index contributed by atoms with van der Waals surface area (Å²) >= 11 is 1.67. The van der Waals surface area contributed by atoms with Crippen molar-refractivity contribution in [2.45, 2.75) is 20.3 Å². The Morgan fingerprint density at radius 1 is 1.29 bits per heavy atom. The van der Waals surface area contributed by atoms with Gasteiger partial charge in [0.25, 0.3) is 5.91 Å². The van der Waals surface area contributed by atoms with Crippen LogP contribution in [0.3, 0.4) is 0 Å². The minimum Gasteiger partial charge on any atom is -0.354 e. The first-order valence-corrected chi connectivity index (χ1v) is 8.88. The number of aromatic nitrogens is 1. The van der Waals surface area contributed by atoms with Crippen LogP contribution >= 0.6 is 11.3 Å². The standard InChI is InChI=1S/C18H20N4OS/c1-13-11-16(14(2)24-13)18(23)22-8-4-7-21(9-10-22)17-15(12-19)5-3-6-20-17/h3,5-6,11H,4,7-10H2,1-2H3. The predicted molar refractivity (Wildman–Crippen MR) is 95.5 cm³/mol. The van der Waals surface area contributed by atoms with Gasteiger partial charge in [-0.25, -0.2) is 4.98 Å². The first-order chi connectivity index (χ1) is 11.6. The van der Waals surface area contributed by atoms with Crippen molar-refractivity contribution in [3.05, 3.63) is 45.3 Å².